The summed E-state index contributed by atoms with van der Waals surface area (Å²) in [6, 6.07) is 8.55. The minimum Gasteiger partial charge on any atom is -0.480 e. The molecule has 0 aliphatic rings. The van der Waals surface area contributed by atoms with Crippen LogP contribution in [0.3, 0.4) is 0 Å². The normalized spacial score (nSPS) is 12.0. The van der Waals surface area contributed by atoms with E-state index < -0.39 is 17.9 Å². The first-order valence-electron chi connectivity index (χ1n) is 7.59. The molecule has 6 nitrogen and oxygen atoms in total. The second-order valence-electron chi connectivity index (χ2n) is 5.57. The van der Waals surface area contributed by atoms with E-state index in [4.69, 9.17) is 5.11 Å². The molecule has 23 heavy (non-hydrogen) atoms. The van der Waals surface area contributed by atoms with Crippen LogP contribution < -0.4 is 5.32 Å². The zero-order chi connectivity index (χ0) is 17.0. The van der Waals surface area contributed by atoms with Gasteiger partial charge in [-0.1, -0.05) is 31.0 Å². The van der Waals surface area contributed by atoms with Crippen molar-refractivity contribution in [3.8, 4) is 5.69 Å². The van der Waals surface area contributed by atoms with Crippen molar-refractivity contribution in [1.29, 1.82) is 0 Å². The van der Waals surface area contributed by atoms with Crippen molar-refractivity contribution in [2.45, 2.75) is 39.7 Å². The predicted octanol–water partition coefficient (Wildman–Crippen LogP) is 2.47. The molecule has 0 fully saturated rings. The van der Waals surface area contributed by atoms with E-state index in [1.54, 1.807) is 10.7 Å². The van der Waals surface area contributed by atoms with Crippen LogP contribution in [0.4, 0.5) is 0 Å². The number of aliphatic carboxylic acids is 1. The quantitative estimate of drug-likeness (QED) is 0.857. The molecule has 0 saturated carbocycles. The van der Waals surface area contributed by atoms with Crippen LogP contribution in [0.5, 0.6) is 0 Å². The first-order chi connectivity index (χ1) is 10.9. The van der Waals surface area contributed by atoms with Crippen LogP contribution in [0.1, 0.15) is 41.5 Å². The van der Waals surface area contributed by atoms with Crippen LogP contribution >= 0.6 is 0 Å². The molecule has 2 rings (SSSR count). The Balaban J connectivity index is 2.21. The van der Waals surface area contributed by atoms with Gasteiger partial charge < -0.3 is 10.4 Å². The Morgan fingerprint density at radius 2 is 1.91 bits per heavy atom. The van der Waals surface area contributed by atoms with Gasteiger partial charge in [0, 0.05) is 5.69 Å². The highest BCUT2D eigenvalue weighted by molar-refractivity contribution is 5.95. The maximum atomic E-state index is 12.2. The van der Waals surface area contributed by atoms with Crippen molar-refractivity contribution in [1.82, 2.24) is 15.1 Å². The van der Waals surface area contributed by atoms with E-state index in [1.807, 2.05) is 45.0 Å². The summed E-state index contributed by atoms with van der Waals surface area (Å²) in [6.45, 7) is 5.72. The van der Waals surface area contributed by atoms with Gasteiger partial charge in [0.05, 0.1) is 5.69 Å². The molecule has 1 atom stereocenters. The maximum absolute atomic E-state index is 12.2. The predicted molar refractivity (Wildman–Crippen MR) is 86.8 cm³/mol. The second-order valence-corrected chi connectivity index (χ2v) is 5.57. The third-order valence-electron chi connectivity index (χ3n) is 3.58. The molecule has 0 aliphatic heterocycles. The number of carboxylic acid groups (broad SMARTS) is 1. The fourth-order valence-corrected chi connectivity index (χ4v) is 2.31. The Kier molecular flexibility index (Phi) is 5.16. The van der Waals surface area contributed by atoms with E-state index in [0.29, 0.717) is 12.8 Å². The lowest BCUT2D eigenvalue weighted by Gasteiger charge is -2.12. The van der Waals surface area contributed by atoms with Crippen molar-refractivity contribution in [2.24, 2.45) is 0 Å². The van der Waals surface area contributed by atoms with Crippen LogP contribution in [0.25, 0.3) is 5.69 Å². The molecule has 122 valence electrons. The minimum atomic E-state index is -1.03. The molecule has 1 unspecified atom stereocenters. The van der Waals surface area contributed by atoms with Crippen molar-refractivity contribution in [3.05, 3.63) is 47.3 Å². The molecule has 0 saturated heterocycles. The zero-order valence-electron chi connectivity index (χ0n) is 13.5. The number of amides is 1. The summed E-state index contributed by atoms with van der Waals surface area (Å²) in [5.74, 6) is -1.50. The largest absolute Gasteiger partial charge is 0.480 e. The average Bonchev–Trinajstić information content (AvgIpc) is 2.89. The number of carboxylic acids is 1. The molecule has 6 heteroatoms. The van der Waals surface area contributed by atoms with Crippen LogP contribution in [-0.4, -0.2) is 32.8 Å². The van der Waals surface area contributed by atoms with Crippen LogP contribution in [0.15, 0.2) is 30.3 Å². The van der Waals surface area contributed by atoms with E-state index in [1.165, 1.54) is 0 Å². The number of carbonyl (C=O) groups is 2. The monoisotopic (exact) mass is 315 g/mol. The molecule has 1 aromatic heterocycles. The SMILES string of the molecule is CCCC(NC(=O)c1cc(C)n(-c2ccc(C)cc2)n1)C(=O)O. The molecule has 2 aromatic rings. The van der Waals surface area contributed by atoms with Gasteiger partial charge in [0.2, 0.25) is 0 Å². The Morgan fingerprint density at radius 3 is 2.48 bits per heavy atom. The highest BCUT2D eigenvalue weighted by atomic mass is 16.4. The smallest absolute Gasteiger partial charge is 0.326 e. The van der Waals surface area contributed by atoms with E-state index >= 15 is 0 Å². The Hall–Kier alpha value is -2.63. The molecule has 0 spiro atoms. The molecular formula is C17H21N3O3. The lowest BCUT2D eigenvalue weighted by atomic mass is 10.1. The summed E-state index contributed by atoms with van der Waals surface area (Å²) in [5, 5.41) is 15.9. The maximum Gasteiger partial charge on any atom is 0.326 e. The van der Waals surface area contributed by atoms with Crippen molar-refractivity contribution >= 4 is 11.9 Å². The van der Waals surface area contributed by atoms with Crippen molar-refractivity contribution in [3.63, 3.8) is 0 Å². The number of aryl methyl sites for hydroxylation is 2. The van der Waals surface area contributed by atoms with Crippen LogP contribution in [0.2, 0.25) is 0 Å². The van der Waals surface area contributed by atoms with Gasteiger partial charge in [-0.05, 0) is 38.5 Å². The molecular weight excluding hydrogens is 294 g/mol. The van der Waals surface area contributed by atoms with Gasteiger partial charge in [0.15, 0.2) is 5.69 Å². The van der Waals surface area contributed by atoms with E-state index in [9.17, 15) is 9.59 Å². The van der Waals surface area contributed by atoms with Crippen LogP contribution in [0, 0.1) is 13.8 Å². The topological polar surface area (TPSA) is 84.2 Å². The van der Waals surface area contributed by atoms with Gasteiger partial charge in [-0.2, -0.15) is 5.10 Å². The summed E-state index contributed by atoms with van der Waals surface area (Å²) >= 11 is 0. The fourth-order valence-electron chi connectivity index (χ4n) is 2.31. The molecule has 0 radical (unpaired) electrons. The first-order valence-corrected chi connectivity index (χ1v) is 7.59. The number of hydrogen-bond acceptors (Lipinski definition) is 3. The average molecular weight is 315 g/mol. The molecule has 0 aliphatic carbocycles. The highest BCUT2D eigenvalue weighted by Crippen LogP contribution is 2.13. The Bertz CT molecular complexity index is 704. The lowest BCUT2D eigenvalue weighted by Crippen LogP contribution is -2.40. The van der Waals surface area contributed by atoms with E-state index in [-0.39, 0.29) is 5.69 Å². The van der Waals surface area contributed by atoms with Crippen molar-refractivity contribution in [2.75, 3.05) is 0 Å². The van der Waals surface area contributed by atoms with Gasteiger partial charge >= 0.3 is 5.97 Å². The van der Waals surface area contributed by atoms with E-state index in [2.05, 4.69) is 10.4 Å². The number of nitrogens with zero attached hydrogens (tertiary/aromatic N) is 2. The van der Waals surface area contributed by atoms with Crippen LogP contribution in [-0.2, 0) is 4.79 Å². The fraction of sp³-hybridized carbons (Fsp3) is 0.353. The Morgan fingerprint density at radius 1 is 1.26 bits per heavy atom. The summed E-state index contributed by atoms with van der Waals surface area (Å²) in [7, 11) is 0. The van der Waals surface area contributed by atoms with Crippen molar-refractivity contribution < 1.29 is 14.7 Å². The summed E-state index contributed by atoms with van der Waals surface area (Å²) in [4.78, 5) is 23.4. The van der Waals surface area contributed by atoms with Gasteiger partial charge in [0.1, 0.15) is 6.04 Å². The number of nitrogens with one attached hydrogen (secondary N) is 1. The summed E-state index contributed by atoms with van der Waals surface area (Å²) in [5.41, 5.74) is 3.02. The molecule has 2 N–H and O–H groups in total. The molecule has 1 aromatic carbocycles. The summed E-state index contributed by atoms with van der Waals surface area (Å²) < 4.78 is 1.67. The lowest BCUT2D eigenvalue weighted by molar-refractivity contribution is -0.139. The number of carbonyl (C=O) groups excluding carboxylic acids is 1. The van der Waals surface area contributed by atoms with Gasteiger partial charge in [0.25, 0.3) is 5.91 Å². The number of rotatable bonds is 6. The third-order valence-corrected chi connectivity index (χ3v) is 3.58. The second kappa shape index (κ2) is 7.09. The third kappa shape index (κ3) is 3.97. The summed E-state index contributed by atoms with van der Waals surface area (Å²) in [6.07, 6.45) is 1.06. The minimum absolute atomic E-state index is 0.213. The zero-order valence-corrected chi connectivity index (χ0v) is 13.5. The number of aromatic nitrogens is 2. The molecule has 1 amide bonds. The van der Waals surface area contributed by atoms with E-state index in [0.717, 1.165) is 16.9 Å². The number of hydrogen-bond donors (Lipinski definition) is 2. The standard InChI is InChI=1S/C17H21N3O3/c1-4-5-14(17(22)23)18-16(21)15-10-12(3)20(19-15)13-8-6-11(2)7-9-13/h6-10,14H,4-5H2,1-3H3,(H,18,21)(H,22,23). The van der Waals surface area contributed by atoms with Gasteiger partial charge in [-0.3, -0.25) is 4.79 Å². The number of benzene rings is 1. The molecule has 1 heterocycles. The Labute approximate surface area is 135 Å². The highest BCUT2D eigenvalue weighted by Gasteiger charge is 2.21. The first kappa shape index (κ1) is 16.7. The van der Waals surface area contributed by atoms with Gasteiger partial charge in [-0.15, -0.1) is 0 Å². The van der Waals surface area contributed by atoms with Gasteiger partial charge in [-0.25, -0.2) is 9.48 Å². The molecule has 0 bridgehead atoms.